The van der Waals surface area contributed by atoms with Gasteiger partial charge in [0.25, 0.3) is 0 Å². The van der Waals surface area contributed by atoms with E-state index in [2.05, 4.69) is 49.7 Å². The monoisotopic (exact) mass is 501 g/mol. The molecule has 1 aromatic heterocycles. The van der Waals surface area contributed by atoms with Gasteiger partial charge in [0.15, 0.2) is 11.9 Å². The van der Waals surface area contributed by atoms with Crippen LogP contribution < -0.4 is 4.57 Å². The summed E-state index contributed by atoms with van der Waals surface area (Å²) in [6.07, 6.45) is 38.1. The van der Waals surface area contributed by atoms with Crippen molar-refractivity contribution in [3.63, 3.8) is 0 Å². The van der Waals surface area contributed by atoms with E-state index >= 15 is 0 Å². The minimum Gasteiger partial charge on any atom is -0.202 e. The molecule has 36 heavy (non-hydrogen) atoms. The first-order valence-electron chi connectivity index (χ1n) is 16.8. The molecule has 0 bridgehead atoms. The van der Waals surface area contributed by atoms with Crippen LogP contribution in [0.4, 0.5) is 0 Å². The Hall–Kier alpha value is -0.850. The molecule has 0 aliphatic heterocycles. The third kappa shape index (κ3) is 19.3. The minimum absolute atomic E-state index is 0.687. The van der Waals surface area contributed by atoms with Gasteiger partial charge in [0.1, 0.15) is 6.54 Å². The van der Waals surface area contributed by atoms with Crippen LogP contribution in [0.1, 0.15) is 193 Å². The van der Waals surface area contributed by atoms with Gasteiger partial charge >= 0.3 is 0 Å². The van der Waals surface area contributed by atoms with Gasteiger partial charge < -0.3 is 0 Å². The maximum atomic E-state index is 2.56. The normalized spacial score (nSPS) is 12.3. The molecule has 0 saturated heterocycles. The Balaban J connectivity index is 2.04. The topological polar surface area (TPSA) is 3.88 Å². The first kappa shape index (κ1) is 33.2. The van der Waals surface area contributed by atoms with Crippen LogP contribution in [-0.2, 0) is 6.54 Å². The number of rotatable bonds is 27. The lowest BCUT2D eigenvalue weighted by Gasteiger charge is -2.11. The summed E-state index contributed by atoms with van der Waals surface area (Å²) in [7, 11) is 0. The van der Waals surface area contributed by atoms with E-state index in [1.807, 2.05) is 0 Å². The van der Waals surface area contributed by atoms with Gasteiger partial charge in [-0.3, -0.25) is 0 Å². The van der Waals surface area contributed by atoms with Gasteiger partial charge in [0, 0.05) is 24.5 Å². The fraction of sp³-hybridized carbons (Fsp3) is 0.857. The number of nitrogens with zero attached hydrogens (tertiary/aromatic N) is 1. The minimum atomic E-state index is 0.687. The van der Waals surface area contributed by atoms with Crippen molar-refractivity contribution in [2.45, 2.75) is 194 Å². The zero-order valence-electron chi connectivity index (χ0n) is 25.2. The maximum Gasteiger partial charge on any atom is 0.184 e. The van der Waals surface area contributed by atoms with E-state index in [-0.39, 0.29) is 0 Å². The number of unbranched alkanes of at least 4 members (excludes halogenated alkanes) is 22. The third-order valence-corrected chi connectivity index (χ3v) is 8.22. The highest BCUT2D eigenvalue weighted by molar-refractivity contribution is 5.02. The Morgan fingerprint density at radius 1 is 0.500 bits per heavy atom. The summed E-state index contributed by atoms with van der Waals surface area (Å²) >= 11 is 0. The molecule has 0 N–H and O–H groups in total. The summed E-state index contributed by atoms with van der Waals surface area (Å²) in [5.41, 5.74) is 1.56. The van der Waals surface area contributed by atoms with E-state index in [1.165, 1.54) is 167 Å². The summed E-state index contributed by atoms with van der Waals surface area (Å²) < 4.78 is 2.56. The predicted molar refractivity (Wildman–Crippen MR) is 162 cm³/mol. The molecular formula is C35H66N+. The molecule has 210 valence electrons. The van der Waals surface area contributed by atoms with E-state index in [1.54, 1.807) is 5.69 Å². The predicted octanol–water partition coefficient (Wildman–Crippen LogP) is 11.9. The number of hydrogen-bond donors (Lipinski definition) is 0. The highest BCUT2D eigenvalue weighted by Crippen LogP contribution is 2.20. The van der Waals surface area contributed by atoms with Crippen LogP contribution in [0.3, 0.4) is 0 Å². The van der Waals surface area contributed by atoms with Crippen LogP contribution in [0, 0.1) is 0 Å². The molecular weight excluding hydrogens is 434 g/mol. The Morgan fingerprint density at radius 2 is 0.889 bits per heavy atom. The molecule has 0 spiro atoms. The second-order valence-electron chi connectivity index (χ2n) is 11.8. The fourth-order valence-corrected chi connectivity index (χ4v) is 5.70. The van der Waals surface area contributed by atoms with Gasteiger partial charge in [0.2, 0.25) is 0 Å². The zero-order valence-corrected chi connectivity index (χ0v) is 25.2. The standard InChI is InChI=1S/C35H66N/c1-4-6-8-10-12-14-16-18-20-22-24-26-30-34(3)35-31-27-29-33-36(35)32-28-25-23-21-19-17-15-13-11-9-7-5-2/h27,29,31,33-34H,4-26,28,30,32H2,1-3H3/q+1. The summed E-state index contributed by atoms with van der Waals surface area (Å²) in [6.45, 7) is 8.26. The second kappa shape index (κ2) is 25.8. The van der Waals surface area contributed by atoms with Gasteiger partial charge in [-0.25, -0.2) is 4.57 Å². The summed E-state index contributed by atoms with van der Waals surface area (Å²) in [4.78, 5) is 0. The number of pyridine rings is 1. The van der Waals surface area contributed by atoms with E-state index in [4.69, 9.17) is 0 Å². The van der Waals surface area contributed by atoms with Crippen LogP contribution in [0.2, 0.25) is 0 Å². The summed E-state index contributed by atoms with van der Waals surface area (Å²) in [5, 5.41) is 0. The average molecular weight is 501 g/mol. The molecule has 1 rings (SSSR count). The van der Waals surface area contributed by atoms with E-state index in [9.17, 15) is 0 Å². The molecule has 1 atom stereocenters. The van der Waals surface area contributed by atoms with Crippen LogP contribution >= 0.6 is 0 Å². The van der Waals surface area contributed by atoms with Crippen molar-refractivity contribution in [2.24, 2.45) is 0 Å². The molecule has 1 heteroatoms. The molecule has 0 fully saturated rings. The number of aromatic nitrogens is 1. The Morgan fingerprint density at radius 3 is 1.33 bits per heavy atom. The average Bonchev–Trinajstić information content (AvgIpc) is 2.90. The van der Waals surface area contributed by atoms with Crippen LogP contribution in [0.25, 0.3) is 0 Å². The quantitative estimate of drug-likeness (QED) is 0.0835. The Kier molecular flexibility index (Phi) is 23.8. The van der Waals surface area contributed by atoms with Crippen molar-refractivity contribution in [2.75, 3.05) is 0 Å². The number of aryl methyl sites for hydroxylation is 1. The van der Waals surface area contributed by atoms with Crippen molar-refractivity contribution in [1.29, 1.82) is 0 Å². The third-order valence-electron chi connectivity index (χ3n) is 8.22. The first-order chi connectivity index (χ1) is 17.8. The van der Waals surface area contributed by atoms with Gasteiger partial charge in [-0.15, -0.1) is 0 Å². The van der Waals surface area contributed by atoms with Crippen LogP contribution in [0.15, 0.2) is 24.4 Å². The number of hydrogen-bond acceptors (Lipinski definition) is 0. The van der Waals surface area contributed by atoms with E-state index < -0.39 is 0 Å². The van der Waals surface area contributed by atoms with E-state index in [0.29, 0.717) is 5.92 Å². The van der Waals surface area contributed by atoms with Crippen molar-refractivity contribution >= 4 is 0 Å². The van der Waals surface area contributed by atoms with Crippen LogP contribution in [-0.4, -0.2) is 0 Å². The molecule has 0 aliphatic rings. The molecule has 0 amide bonds. The summed E-state index contributed by atoms with van der Waals surface area (Å²) in [6, 6.07) is 6.85. The summed E-state index contributed by atoms with van der Waals surface area (Å²) in [5.74, 6) is 0.687. The Bertz CT molecular complexity index is 566. The van der Waals surface area contributed by atoms with Crippen LogP contribution in [0.5, 0.6) is 0 Å². The second-order valence-corrected chi connectivity index (χ2v) is 11.8. The molecule has 1 unspecified atom stereocenters. The van der Waals surface area contributed by atoms with Gasteiger partial charge in [0.05, 0.1) is 0 Å². The van der Waals surface area contributed by atoms with Crippen molar-refractivity contribution < 1.29 is 4.57 Å². The molecule has 1 nitrogen and oxygen atoms in total. The highest BCUT2D eigenvalue weighted by atomic mass is 15.0. The fourth-order valence-electron chi connectivity index (χ4n) is 5.70. The largest absolute Gasteiger partial charge is 0.202 e. The lowest BCUT2D eigenvalue weighted by atomic mass is 9.97. The molecule has 0 aromatic carbocycles. The molecule has 0 radical (unpaired) electrons. The van der Waals surface area contributed by atoms with Crippen molar-refractivity contribution in [3.05, 3.63) is 30.1 Å². The SMILES string of the molecule is CCCCCCCCCCCCCCC(C)c1cccc[n+]1CCCCCCCCCCCCCC. The van der Waals surface area contributed by atoms with Crippen molar-refractivity contribution in [3.8, 4) is 0 Å². The van der Waals surface area contributed by atoms with Gasteiger partial charge in [-0.05, 0) is 12.8 Å². The smallest absolute Gasteiger partial charge is 0.184 e. The highest BCUT2D eigenvalue weighted by Gasteiger charge is 2.16. The first-order valence-corrected chi connectivity index (χ1v) is 16.8. The van der Waals surface area contributed by atoms with Gasteiger partial charge in [-0.1, -0.05) is 168 Å². The molecule has 1 heterocycles. The lowest BCUT2D eigenvalue weighted by Crippen LogP contribution is -2.38. The zero-order chi connectivity index (χ0) is 25.9. The lowest BCUT2D eigenvalue weighted by molar-refractivity contribution is -0.705. The molecule has 0 saturated carbocycles. The Labute approximate surface area is 228 Å². The molecule has 0 aliphatic carbocycles. The van der Waals surface area contributed by atoms with Gasteiger partial charge in [-0.2, -0.15) is 0 Å². The molecule has 1 aromatic rings. The maximum absolute atomic E-state index is 2.56. The van der Waals surface area contributed by atoms with E-state index in [0.717, 1.165) is 0 Å². The van der Waals surface area contributed by atoms with Crippen molar-refractivity contribution in [1.82, 2.24) is 0 Å².